The molecule has 0 radical (unpaired) electrons. The smallest absolute Gasteiger partial charge is 0.259 e. The fraction of sp³-hybridized carbons (Fsp3) is 0.0556. The molecule has 0 aliphatic heterocycles. The van der Waals surface area contributed by atoms with Crippen molar-refractivity contribution in [3.8, 4) is 16.9 Å². The molecule has 3 aromatic rings. The van der Waals surface area contributed by atoms with Crippen molar-refractivity contribution in [2.45, 2.75) is 0 Å². The van der Waals surface area contributed by atoms with Gasteiger partial charge in [0.15, 0.2) is 0 Å². The molecular weight excluding hydrogens is 313 g/mol. The van der Waals surface area contributed by atoms with Crippen LogP contribution in [0, 0.1) is 5.82 Å². The topological polar surface area (TPSA) is 38.3 Å². The van der Waals surface area contributed by atoms with Crippen LogP contribution in [0.3, 0.4) is 0 Å². The maximum Gasteiger partial charge on any atom is 0.259 e. The van der Waals surface area contributed by atoms with Gasteiger partial charge in [0, 0.05) is 5.69 Å². The van der Waals surface area contributed by atoms with E-state index in [1.165, 1.54) is 19.2 Å². The Morgan fingerprint density at radius 2 is 2.00 bits per heavy atom. The average Bonchev–Trinajstić information content (AvgIpc) is 3.09. The van der Waals surface area contributed by atoms with Gasteiger partial charge in [0.2, 0.25) is 0 Å². The van der Waals surface area contributed by atoms with Gasteiger partial charge in [-0.05, 0) is 58.3 Å². The lowest BCUT2D eigenvalue weighted by molar-refractivity contribution is 0.102. The molecule has 0 saturated heterocycles. The second-order valence-electron chi connectivity index (χ2n) is 4.89. The fourth-order valence-electron chi connectivity index (χ4n) is 2.26. The van der Waals surface area contributed by atoms with E-state index in [2.05, 4.69) is 5.32 Å². The lowest BCUT2D eigenvalue weighted by Gasteiger charge is -2.10. The Hall–Kier alpha value is -2.66. The summed E-state index contributed by atoms with van der Waals surface area (Å²) < 4.78 is 18.5. The molecule has 2 aromatic carbocycles. The van der Waals surface area contributed by atoms with E-state index in [0.717, 1.165) is 17.2 Å². The van der Waals surface area contributed by atoms with Crippen LogP contribution in [0.5, 0.6) is 5.75 Å². The van der Waals surface area contributed by atoms with Crippen LogP contribution in [0.4, 0.5) is 10.1 Å². The number of ether oxygens (including phenoxy) is 1. The Bertz CT molecular complexity index is 831. The minimum absolute atomic E-state index is 0.161. The number of benzene rings is 2. The number of carbonyl (C=O) groups is 1. The van der Waals surface area contributed by atoms with Crippen molar-refractivity contribution in [1.29, 1.82) is 0 Å². The highest BCUT2D eigenvalue weighted by Crippen LogP contribution is 2.26. The highest BCUT2D eigenvalue weighted by atomic mass is 32.1. The molecule has 1 N–H and O–H groups in total. The molecule has 0 saturated carbocycles. The largest absolute Gasteiger partial charge is 0.496 e. The summed E-state index contributed by atoms with van der Waals surface area (Å²) in [5.41, 5.74) is 2.91. The standard InChI is InChI=1S/C18H14FNO2S/c1-22-17-6-5-14(19)10-16(17)18(21)20-15-4-2-3-12(9-15)13-7-8-23-11-13/h2-11H,1H3,(H,20,21). The molecule has 5 heteroatoms. The van der Waals surface area contributed by atoms with E-state index in [-0.39, 0.29) is 5.56 Å². The zero-order chi connectivity index (χ0) is 16.2. The summed E-state index contributed by atoms with van der Waals surface area (Å²) in [5, 5.41) is 6.82. The molecule has 0 aliphatic rings. The number of anilines is 1. The number of nitrogens with one attached hydrogen (secondary N) is 1. The summed E-state index contributed by atoms with van der Waals surface area (Å²) >= 11 is 1.61. The van der Waals surface area contributed by atoms with Gasteiger partial charge in [0.1, 0.15) is 11.6 Å². The van der Waals surface area contributed by atoms with Crippen LogP contribution in [0.1, 0.15) is 10.4 Å². The Morgan fingerprint density at radius 1 is 1.13 bits per heavy atom. The Labute approximate surface area is 137 Å². The maximum atomic E-state index is 13.4. The first-order valence-electron chi connectivity index (χ1n) is 6.95. The third kappa shape index (κ3) is 3.40. The molecule has 3 rings (SSSR count). The fourth-order valence-corrected chi connectivity index (χ4v) is 2.93. The summed E-state index contributed by atoms with van der Waals surface area (Å²) in [7, 11) is 1.45. The molecule has 23 heavy (non-hydrogen) atoms. The quantitative estimate of drug-likeness (QED) is 0.746. The van der Waals surface area contributed by atoms with Gasteiger partial charge in [0.25, 0.3) is 5.91 Å². The van der Waals surface area contributed by atoms with Crippen molar-refractivity contribution < 1.29 is 13.9 Å². The van der Waals surface area contributed by atoms with Crippen LogP contribution in [0.15, 0.2) is 59.3 Å². The molecule has 0 fully saturated rings. The first kappa shape index (κ1) is 15.2. The van der Waals surface area contributed by atoms with Gasteiger partial charge < -0.3 is 10.1 Å². The van der Waals surface area contributed by atoms with Crippen LogP contribution in [-0.4, -0.2) is 13.0 Å². The number of amides is 1. The highest BCUT2D eigenvalue weighted by molar-refractivity contribution is 7.08. The Morgan fingerprint density at radius 3 is 2.74 bits per heavy atom. The minimum atomic E-state index is -0.483. The number of carbonyl (C=O) groups excluding carboxylic acids is 1. The highest BCUT2D eigenvalue weighted by Gasteiger charge is 2.14. The van der Waals surface area contributed by atoms with Gasteiger partial charge in [0.05, 0.1) is 12.7 Å². The Balaban J connectivity index is 1.86. The Kier molecular flexibility index (Phi) is 4.39. The van der Waals surface area contributed by atoms with Gasteiger partial charge in [-0.15, -0.1) is 0 Å². The third-order valence-electron chi connectivity index (χ3n) is 3.38. The molecule has 1 amide bonds. The van der Waals surface area contributed by atoms with Crippen LogP contribution < -0.4 is 10.1 Å². The van der Waals surface area contributed by atoms with E-state index >= 15 is 0 Å². The lowest BCUT2D eigenvalue weighted by Crippen LogP contribution is -2.13. The monoisotopic (exact) mass is 327 g/mol. The molecule has 1 aromatic heterocycles. The van der Waals surface area contributed by atoms with Gasteiger partial charge >= 0.3 is 0 Å². The van der Waals surface area contributed by atoms with Gasteiger partial charge in [-0.3, -0.25) is 4.79 Å². The van der Waals surface area contributed by atoms with Crippen molar-refractivity contribution in [1.82, 2.24) is 0 Å². The van der Waals surface area contributed by atoms with Crippen LogP contribution in [0.2, 0.25) is 0 Å². The predicted octanol–water partition coefficient (Wildman–Crippen LogP) is 4.82. The minimum Gasteiger partial charge on any atom is -0.496 e. The van der Waals surface area contributed by atoms with Crippen molar-refractivity contribution in [3.63, 3.8) is 0 Å². The first-order valence-corrected chi connectivity index (χ1v) is 7.89. The number of thiophene rings is 1. The summed E-state index contributed by atoms with van der Waals surface area (Å²) in [6.45, 7) is 0. The second kappa shape index (κ2) is 6.62. The summed E-state index contributed by atoms with van der Waals surface area (Å²) in [4.78, 5) is 12.4. The van der Waals surface area contributed by atoms with Gasteiger partial charge in [-0.1, -0.05) is 12.1 Å². The number of methoxy groups -OCH3 is 1. The molecular formula is C18H14FNO2S. The number of rotatable bonds is 4. The average molecular weight is 327 g/mol. The SMILES string of the molecule is COc1ccc(F)cc1C(=O)Nc1cccc(-c2ccsc2)c1. The zero-order valence-corrected chi connectivity index (χ0v) is 13.2. The summed E-state index contributed by atoms with van der Waals surface area (Å²) in [5.74, 6) is -0.565. The third-order valence-corrected chi connectivity index (χ3v) is 4.06. The zero-order valence-electron chi connectivity index (χ0n) is 12.4. The molecule has 116 valence electrons. The molecule has 3 nitrogen and oxygen atoms in total. The van der Waals surface area contributed by atoms with E-state index in [1.54, 1.807) is 17.4 Å². The van der Waals surface area contributed by atoms with E-state index in [0.29, 0.717) is 11.4 Å². The number of hydrogen-bond donors (Lipinski definition) is 1. The molecule has 0 unspecified atom stereocenters. The molecule has 0 aliphatic carbocycles. The van der Waals surface area contributed by atoms with Crippen molar-refractivity contribution in [3.05, 3.63) is 70.7 Å². The molecule has 0 bridgehead atoms. The normalized spacial score (nSPS) is 10.3. The van der Waals surface area contributed by atoms with Gasteiger partial charge in [-0.2, -0.15) is 11.3 Å². The van der Waals surface area contributed by atoms with Gasteiger partial charge in [-0.25, -0.2) is 4.39 Å². The van der Waals surface area contributed by atoms with Crippen LogP contribution in [-0.2, 0) is 0 Å². The number of halogens is 1. The van der Waals surface area contributed by atoms with E-state index in [4.69, 9.17) is 4.74 Å². The van der Waals surface area contributed by atoms with Crippen molar-refractivity contribution >= 4 is 22.9 Å². The van der Waals surface area contributed by atoms with Crippen LogP contribution >= 0.6 is 11.3 Å². The second-order valence-corrected chi connectivity index (χ2v) is 5.67. The number of hydrogen-bond acceptors (Lipinski definition) is 3. The van der Waals surface area contributed by atoms with E-state index in [1.807, 2.05) is 35.0 Å². The van der Waals surface area contributed by atoms with E-state index < -0.39 is 11.7 Å². The van der Waals surface area contributed by atoms with Crippen LogP contribution in [0.25, 0.3) is 11.1 Å². The molecule has 0 atom stereocenters. The first-order chi connectivity index (χ1) is 11.2. The maximum absolute atomic E-state index is 13.4. The van der Waals surface area contributed by atoms with Crippen molar-refractivity contribution in [2.24, 2.45) is 0 Å². The summed E-state index contributed by atoms with van der Waals surface area (Å²) in [6.07, 6.45) is 0. The predicted molar refractivity (Wildman–Crippen MR) is 90.7 cm³/mol. The molecule has 0 spiro atoms. The molecule has 1 heterocycles. The summed E-state index contributed by atoms with van der Waals surface area (Å²) in [6, 6.07) is 13.4. The lowest BCUT2D eigenvalue weighted by atomic mass is 10.1. The van der Waals surface area contributed by atoms with E-state index in [9.17, 15) is 9.18 Å². The van der Waals surface area contributed by atoms with Crippen molar-refractivity contribution in [2.75, 3.05) is 12.4 Å².